The van der Waals surface area contributed by atoms with E-state index in [9.17, 15) is 9.59 Å². The fourth-order valence-electron chi connectivity index (χ4n) is 5.97. The van der Waals surface area contributed by atoms with Gasteiger partial charge < -0.3 is 14.5 Å². The van der Waals surface area contributed by atoms with Crippen LogP contribution in [0.3, 0.4) is 0 Å². The molecule has 0 N–H and O–H groups in total. The molecule has 47 heavy (non-hydrogen) atoms. The molecule has 2 atom stereocenters. The fraction of sp³-hybridized carbons (Fsp3) is 0.417. The molecule has 0 bridgehead atoms. The van der Waals surface area contributed by atoms with E-state index < -0.39 is 23.2 Å². The number of nitrogens with zero attached hydrogens (tertiary/aromatic N) is 6. The molecule has 1 aliphatic heterocycles. The maximum absolute atomic E-state index is 15.1. The largest absolute Gasteiger partial charge is 0.444 e. The summed E-state index contributed by atoms with van der Waals surface area (Å²) in [4.78, 5) is 45.5. The van der Waals surface area contributed by atoms with E-state index in [-0.39, 0.29) is 39.9 Å². The number of allylic oxidation sites excluding steroid dienone is 1. The van der Waals surface area contributed by atoms with E-state index in [0.717, 1.165) is 16.8 Å². The molecule has 0 unspecified atom stereocenters. The molecular weight excluding hydrogens is 619 g/mol. The van der Waals surface area contributed by atoms with E-state index in [2.05, 4.69) is 11.6 Å². The second-order valence-electron chi connectivity index (χ2n) is 13.7. The van der Waals surface area contributed by atoms with Gasteiger partial charge in [-0.1, -0.05) is 44.2 Å². The van der Waals surface area contributed by atoms with Crippen molar-refractivity contribution in [2.45, 2.75) is 85.9 Å². The number of carbonyl (C=O) groups excluding carboxylic acids is 1. The average Bonchev–Trinajstić information content (AvgIpc) is 2.97. The Kier molecular flexibility index (Phi) is 9.21. The van der Waals surface area contributed by atoms with Crippen molar-refractivity contribution in [1.82, 2.24) is 24.4 Å². The number of piperazine rings is 1. The van der Waals surface area contributed by atoms with Crippen molar-refractivity contribution in [1.29, 1.82) is 0 Å². The first kappa shape index (κ1) is 34.0. The van der Waals surface area contributed by atoms with Gasteiger partial charge in [-0.25, -0.2) is 23.5 Å². The first-order chi connectivity index (χ1) is 22.0. The van der Waals surface area contributed by atoms with E-state index in [1.807, 2.05) is 73.3 Å². The van der Waals surface area contributed by atoms with E-state index in [4.69, 9.17) is 26.3 Å². The van der Waals surface area contributed by atoms with Crippen LogP contribution >= 0.6 is 11.6 Å². The van der Waals surface area contributed by atoms with Crippen LogP contribution in [0.4, 0.5) is 15.0 Å². The quantitative estimate of drug-likeness (QED) is 0.215. The van der Waals surface area contributed by atoms with Crippen LogP contribution in [0.15, 0.2) is 47.8 Å². The zero-order valence-corrected chi connectivity index (χ0v) is 29.2. The molecule has 0 saturated carbocycles. The number of benzene rings is 1. The summed E-state index contributed by atoms with van der Waals surface area (Å²) in [6.07, 6.45) is -0.397. The van der Waals surface area contributed by atoms with Crippen molar-refractivity contribution < 1.29 is 13.9 Å². The van der Waals surface area contributed by atoms with E-state index >= 15 is 4.39 Å². The summed E-state index contributed by atoms with van der Waals surface area (Å²) in [6, 6.07) is 9.35. The molecule has 5 rings (SSSR count). The highest BCUT2D eigenvalue weighted by molar-refractivity contribution is 6.33. The zero-order chi connectivity index (χ0) is 34.5. The predicted octanol–water partition coefficient (Wildman–Crippen LogP) is 7.93. The number of pyridine rings is 2. The van der Waals surface area contributed by atoms with Crippen LogP contribution in [-0.4, -0.2) is 61.3 Å². The van der Waals surface area contributed by atoms with Gasteiger partial charge in [-0.3, -0.25) is 4.98 Å². The summed E-state index contributed by atoms with van der Waals surface area (Å²) < 4.78 is 22.3. The monoisotopic (exact) mass is 660 g/mol. The topological polar surface area (TPSA) is 93.5 Å². The van der Waals surface area contributed by atoms with Gasteiger partial charge in [-0.2, -0.15) is 4.98 Å². The van der Waals surface area contributed by atoms with Crippen molar-refractivity contribution in [2.75, 3.05) is 18.0 Å². The molecule has 4 aromatic rings. The van der Waals surface area contributed by atoms with Crippen molar-refractivity contribution in [3.05, 3.63) is 81.3 Å². The molecule has 9 nitrogen and oxygen atoms in total. The first-order valence-electron chi connectivity index (χ1n) is 15.8. The molecule has 1 fully saturated rings. The van der Waals surface area contributed by atoms with Crippen LogP contribution in [0.25, 0.3) is 33.6 Å². The summed E-state index contributed by atoms with van der Waals surface area (Å²) >= 11 is 6.86. The van der Waals surface area contributed by atoms with Gasteiger partial charge in [-0.15, -0.1) is 0 Å². The Morgan fingerprint density at radius 1 is 1.09 bits per heavy atom. The Hall–Kier alpha value is -4.31. The number of amides is 1. The van der Waals surface area contributed by atoms with Crippen LogP contribution < -0.4 is 10.6 Å². The Balaban J connectivity index is 1.77. The highest BCUT2D eigenvalue weighted by atomic mass is 35.5. The van der Waals surface area contributed by atoms with Crippen molar-refractivity contribution in [2.24, 2.45) is 0 Å². The minimum atomic E-state index is -0.637. The molecule has 4 heterocycles. The average molecular weight is 661 g/mol. The van der Waals surface area contributed by atoms with Gasteiger partial charge in [0, 0.05) is 30.7 Å². The summed E-state index contributed by atoms with van der Waals surface area (Å²) in [5, 5.41) is 0.720. The van der Waals surface area contributed by atoms with Crippen LogP contribution in [-0.2, 0) is 4.74 Å². The molecule has 0 spiro atoms. The third-order valence-corrected chi connectivity index (χ3v) is 8.52. The Morgan fingerprint density at radius 2 is 1.77 bits per heavy atom. The van der Waals surface area contributed by atoms with Crippen LogP contribution in [0.1, 0.15) is 78.3 Å². The smallest absolute Gasteiger partial charge is 0.410 e. The molecule has 1 aromatic carbocycles. The van der Waals surface area contributed by atoms with Gasteiger partial charge >= 0.3 is 11.8 Å². The second-order valence-corrected chi connectivity index (χ2v) is 14.1. The highest BCUT2D eigenvalue weighted by Gasteiger charge is 2.36. The molecule has 0 radical (unpaired) electrons. The summed E-state index contributed by atoms with van der Waals surface area (Å²) in [6.45, 7) is 22.0. The number of aromatic nitrogens is 4. The van der Waals surface area contributed by atoms with Gasteiger partial charge in [0.05, 0.1) is 33.2 Å². The Labute approximate surface area is 280 Å². The zero-order valence-electron chi connectivity index (χ0n) is 28.5. The van der Waals surface area contributed by atoms with E-state index in [1.54, 1.807) is 29.2 Å². The van der Waals surface area contributed by atoms with Gasteiger partial charge in [0.25, 0.3) is 0 Å². The molecule has 11 heteroatoms. The number of rotatable bonds is 5. The molecule has 1 amide bonds. The molecule has 1 saturated heterocycles. The lowest BCUT2D eigenvalue weighted by Gasteiger charge is -2.44. The molecule has 1 aliphatic rings. The molecule has 0 aliphatic carbocycles. The number of hydrogen-bond acceptors (Lipinski definition) is 7. The second kappa shape index (κ2) is 12.7. The standard InChI is InChI=1S/C36H42ClFN6O3/c1-19(2)28-15-21(5)31(29(39-28)20(3)4)44-33-25(16-26(37)30(40-33)24-13-11-12-14-27(24)38)32(41-34(44)45)42-17-23(7)43(18-22(42)6)35(46)47-36(8,9)10/h11-16,20,22-23H,1,17-18H2,2-10H3/t22-,23+/m0/s1. The summed E-state index contributed by atoms with van der Waals surface area (Å²) in [5.41, 5.74) is 3.04. The molecule has 248 valence electrons. The maximum atomic E-state index is 15.1. The van der Waals surface area contributed by atoms with Gasteiger partial charge in [0.15, 0.2) is 5.65 Å². The Morgan fingerprint density at radius 3 is 2.38 bits per heavy atom. The number of ether oxygens (including phenoxy) is 1. The lowest BCUT2D eigenvalue weighted by atomic mass is 10.0. The van der Waals surface area contributed by atoms with Crippen molar-refractivity contribution in [3.63, 3.8) is 0 Å². The predicted molar refractivity (Wildman–Crippen MR) is 186 cm³/mol. The van der Waals surface area contributed by atoms with E-state index in [0.29, 0.717) is 35.7 Å². The minimum Gasteiger partial charge on any atom is -0.444 e. The van der Waals surface area contributed by atoms with Crippen LogP contribution in [0.5, 0.6) is 0 Å². The van der Waals surface area contributed by atoms with Gasteiger partial charge in [0.2, 0.25) is 0 Å². The maximum Gasteiger partial charge on any atom is 0.410 e. The van der Waals surface area contributed by atoms with E-state index in [1.165, 1.54) is 10.6 Å². The Bertz CT molecular complexity index is 1950. The molecular formula is C36H42ClFN6O3. The number of anilines is 1. The summed E-state index contributed by atoms with van der Waals surface area (Å²) in [7, 11) is 0. The normalized spacial score (nSPS) is 17.0. The number of aryl methyl sites for hydroxylation is 1. The lowest BCUT2D eigenvalue weighted by Crippen LogP contribution is -2.59. The van der Waals surface area contributed by atoms with Gasteiger partial charge in [0.1, 0.15) is 17.2 Å². The van der Waals surface area contributed by atoms with Crippen molar-refractivity contribution >= 4 is 40.1 Å². The number of carbonyl (C=O) groups is 1. The van der Waals surface area contributed by atoms with Crippen LogP contribution in [0.2, 0.25) is 5.02 Å². The third-order valence-electron chi connectivity index (χ3n) is 8.23. The third kappa shape index (κ3) is 6.61. The van der Waals surface area contributed by atoms with Gasteiger partial charge in [-0.05, 0) is 89.8 Å². The highest BCUT2D eigenvalue weighted by Crippen LogP contribution is 2.37. The van der Waals surface area contributed by atoms with Crippen LogP contribution in [0, 0.1) is 12.7 Å². The SMILES string of the molecule is C=C(C)c1cc(C)c(-n2c(=O)nc(N3C[C@@H](C)N(C(=O)OC(C)(C)C)C[C@@H]3C)c3cc(Cl)c(-c4ccccc4F)nc32)c(C(C)C)n1. The number of hydrogen-bond donors (Lipinski definition) is 0. The molecule has 3 aromatic heterocycles. The number of halogens is 2. The summed E-state index contributed by atoms with van der Waals surface area (Å²) in [5.74, 6) is -0.171. The van der Waals surface area contributed by atoms with Crippen molar-refractivity contribution in [3.8, 4) is 16.9 Å². The fourth-order valence-corrected chi connectivity index (χ4v) is 6.22. The lowest BCUT2D eigenvalue weighted by molar-refractivity contribution is 0.0130. The number of fused-ring (bicyclic) bond motifs is 1. The minimum absolute atomic E-state index is 0.0650. The first-order valence-corrected chi connectivity index (χ1v) is 16.2.